The molecule has 1 amide bonds. The van der Waals surface area contributed by atoms with E-state index in [0.29, 0.717) is 22.8 Å². The maximum absolute atomic E-state index is 12.7. The third-order valence-corrected chi connectivity index (χ3v) is 7.44. The minimum atomic E-state index is -3.89. The predicted octanol–water partition coefficient (Wildman–Crippen LogP) is 4.70. The highest BCUT2D eigenvalue weighted by molar-refractivity contribution is 9.10. The highest BCUT2D eigenvalue weighted by atomic mass is 79.9. The van der Waals surface area contributed by atoms with Gasteiger partial charge in [0.05, 0.1) is 9.37 Å². The molecule has 0 unspecified atom stereocenters. The lowest BCUT2D eigenvalue weighted by Gasteiger charge is -2.12. The molecule has 4 aromatic rings. The Labute approximate surface area is 227 Å². The Morgan fingerprint density at radius 1 is 1.00 bits per heavy atom. The van der Waals surface area contributed by atoms with Crippen LogP contribution in [0.4, 0.5) is 11.6 Å². The third-order valence-electron chi connectivity index (χ3n) is 5.07. The van der Waals surface area contributed by atoms with E-state index >= 15 is 0 Å². The zero-order valence-electron chi connectivity index (χ0n) is 19.8. The van der Waals surface area contributed by atoms with Crippen LogP contribution >= 0.6 is 28.1 Å². The molecule has 0 saturated carbocycles. The van der Waals surface area contributed by atoms with Crippen molar-refractivity contribution in [2.75, 3.05) is 16.6 Å². The first-order valence-electron chi connectivity index (χ1n) is 11.0. The first kappa shape index (κ1) is 26.5. The zero-order valence-corrected chi connectivity index (χ0v) is 23.0. The number of carbonyl (C=O) groups excluding carboxylic acids is 1. The van der Waals surface area contributed by atoms with Gasteiger partial charge in [0.2, 0.25) is 5.95 Å². The molecule has 1 aromatic heterocycles. The van der Waals surface area contributed by atoms with Gasteiger partial charge < -0.3 is 10.1 Å². The molecule has 9 nitrogen and oxygen atoms in total. The van der Waals surface area contributed by atoms with Gasteiger partial charge in [-0.25, -0.2) is 23.1 Å². The number of anilines is 2. The van der Waals surface area contributed by atoms with E-state index in [1.807, 2.05) is 30.3 Å². The number of hydrogen-bond acceptors (Lipinski definition) is 7. The van der Waals surface area contributed by atoms with Crippen molar-refractivity contribution in [3.8, 4) is 5.75 Å². The van der Waals surface area contributed by atoms with Crippen molar-refractivity contribution in [3.05, 3.63) is 82.6 Å². The van der Waals surface area contributed by atoms with Crippen LogP contribution < -0.4 is 20.1 Å². The predicted molar refractivity (Wildman–Crippen MR) is 150 cm³/mol. The Bertz CT molecular complexity index is 1570. The number of thiocarbonyl (C=S) groups is 1. The van der Waals surface area contributed by atoms with Crippen molar-refractivity contribution in [3.63, 3.8) is 0 Å². The van der Waals surface area contributed by atoms with Gasteiger partial charge in [-0.1, -0.05) is 30.3 Å². The summed E-state index contributed by atoms with van der Waals surface area (Å²) in [6.07, 6.45) is 0. The minimum absolute atomic E-state index is 0.00142. The van der Waals surface area contributed by atoms with Crippen LogP contribution in [0.5, 0.6) is 5.75 Å². The lowest BCUT2D eigenvalue weighted by atomic mass is 10.1. The van der Waals surface area contributed by atoms with Crippen molar-refractivity contribution in [1.29, 1.82) is 0 Å². The lowest BCUT2D eigenvalue weighted by molar-refractivity contribution is -0.121. The average Bonchev–Trinajstić information content (AvgIpc) is 2.83. The van der Waals surface area contributed by atoms with Crippen LogP contribution in [0.2, 0.25) is 0 Å². The normalized spacial score (nSPS) is 11.1. The van der Waals surface area contributed by atoms with E-state index < -0.39 is 15.9 Å². The average molecular weight is 601 g/mol. The first-order chi connectivity index (χ1) is 17.6. The first-order valence-corrected chi connectivity index (χ1v) is 13.7. The molecule has 3 aromatic carbocycles. The molecule has 1 heterocycles. The Morgan fingerprint density at radius 3 is 2.38 bits per heavy atom. The molecule has 0 radical (unpaired) electrons. The van der Waals surface area contributed by atoms with E-state index in [4.69, 9.17) is 17.0 Å². The number of nitrogens with one attached hydrogen (secondary N) is 3. The van der Waals surface area contributed by atoms with Crippen LogP contribution in [0.1, 0.15) is 11.4 Å². The maximum Gasteiger partial charge on any atom is 0.264 e. The quantitative estimate of drug-likeness (QED) is 0.261. The van der Waals surface area contributed by atoms with Crippen LogP contribution in [0.15, 0.2) is 76.1 Å². The summed E-state index contributed by atoms with van der Waals surface area (Å²) in [7, 11) is -3.89. The third kappa shape index (κ3) is 6.79. The number of rotatable bonds is 7. The highest BCUT2D eigenvalue weighted by Crippen LogP contribution is 2.33. The number of benzene rings is 3. The van der Waals surface area contributed by atoms with Crippen LogP contribution in [-0.4, -0.2) is 36.0 Å². The van der Waals surface area contributed by atoms with Crippen molar-refractivity contribution in [2.45, 2.75) is 18.7 Å². The summed E-state index contributed by atoms with van der Waals surface area (Å²) in [5.74, 6) is 0.0836. The maximum atomic E-state index is 12.7. The fraction of sp³-hybridized carbons (Fsp3) is 0.120. The van der Waals surface area contributed by atoms with E-state index in [1.165, 1.54) is 24.3 Å². The Kier molecular flexibility index (Phi) is 8.00. The van der Waals surface area contributed by atoms with Gasteiger partial charge >= 0.3 is 0 Å². The second-order valence-electron chi connectivity index (χ2n) is 7.99. The van der Waals surface area contributed by atoms with Gasteiger partial charge in [-0.05, 0) is 89.2 Å². The second kappa shape index (κ2) is 11.2. The molecule has 12 heteroatoms. The number of fused-ring (bicyclic) bond motifs is 1. The number of ether oxygens (including phenoxy) is 1. The number of aryl methyl sites for hydroxylation is 2. The monoisotopic (exact) mass is 599 g/mol. The number of nitrogens with zero attached hydrogens (tertiary/aromatic N) is 2. The number of halogens is 1. The molecular weight excluding hydrogens is 578 g/mol. The Morgan fingerprint density at radius 2 is 1.68 bits per heavy atom. The van der Waals surface area contributed by atoms with Gasteiger partial charge in [-0.15, -0.1) is 0 Å². The lowest BCUT2D eigenvalue weighted by Crippen LogP contribution is -2.37. The van der Waals surface area contributed by atoms with Crippen LogP contribution in [-0.2, 0) is 14.8 Å². The van der Waals surface area contributed by atoms with Crippen LogP contribution in [0.25, 0.3) is 10.8 Å². The fourth-order valence-electron chi connectivity index (χ4n) is 3.46. The molecule has 190 valence electrons. The number of aromatic nitrogens is 2. The summed E-state index contributed by atoms with van der Waals surface area (Å²) >= 11 is 8.72. The molecule has 3 N–H and O–H groups in total. The number of hydrogen-bond donors (Lipinski definition) is 3. The van der Waals surface area contributed by atoms with E-state index in [2.05, 4.69) is 41.3 Å². The molecule has 0 aliphatic heterocycles. The topological polar surface area (TPSA) is 122 Å². The molecule has 0 spiro atoms. The SMILES string of the molecule is Cc1cc(C)nc(NS(=O)(=O)c2ccc(NC(=S)NC(=O)COc3ccc4ccccc4c3Br)cc2)n1. The minimum Gasteiger partial charge on any atom is -0.483 e. The smallest absolute Gasteiger partial charge is 0.264 e. The second-order valence-corrected chi connectivity index (χ2v) is 10.9. The van der Waals surface area contributed by atoms with Crippen molar-refractivity contribution in [1.82, 2.24) is 15.3 Å². The van der Waals surface area contributed by atoms with E-state index in [9.17, 15) is 13.2 Å². The van der Waals surface area contributed by atoms with Crippen molar-refractivity contribution >= 4 is 71.6 Å². The molecule has 0 bridgehead atoms. The summed E-state index contributed by atoms with van der Waals surface area (Å²) in [5, 5.41) is 7.44. The summed E-state index contributed by atoms with van der Waals surface area (Å²) in [5.41, 5.74) is 1.79. The summed E-state index contributed by atoms with van der Waals surface area (Å²) in [6, 6.07) is 19.1. The van der Waals surface area contributed by atoms with Gasteiger partial charge in [-0.3, -0.25) is 10.1 Å². The number of sulfonamides is 1. The number of amides is 1. The van der Waals surface area contributed by atoms with Gasteiger partial charge in [0, 0.05) is 17.1 Å². The van der Waals surface area contributed by atoms with Gasteiger partial charge in [0.15, 0.2) is 11.7 Å². The van der Waals surface area contributed by atoms with E-state index in [1.54, 1.807) is 26.0 Å². The summed E-state index contributed by atoms with van der Waals surface area (Å²) in [6.45, 7) is 3.26. The largest absolute Gasteiger partial charge is 0.483 e. The van der Waals surface area contributed by atoms with Crippen LogP contribution in [0, 0.1) is 13.8 Å². The summed E-state index contributed by atoms with van der Waals surface area (Å²) in [4.78, 5) is 20.5. The Balaban J connectivity index is 1.32. The molecule has 0 aliphatic rings. The summed E-state index contributed by atoms with van der Waals surface area (Å²) < 4.78 is 34.1. The van der Waals surface area contributed by atoms with E-state index in [0.717, 1.165) is 15.2 Å². The van der Waals surface area contributed by atoms with Gasteiger partial charge in [0.25, 0.3) is 15.9 Å². The molecule has 0 atom stereocenters. The molecule has 37 heavy (non-hydrogen) atoms. The molecular formula is C25H22BrN5O4S2. The van der Waals surface area contributed by atoms with E-state index in [-0.39, 0.29) is 22.6 Å². The van der Waals surface area contributed by atoms with Crippen LogP contribution in [0.3, 0.4) is 0 Å². The van der Waals surface area contributed by atoms with Crippen molar-refractivity contribution < 1.29 is 17.9 Å². The molecule has 4 rings (SSSR count). The fourth-order valence-corrected chi connectivity index (χ4v) is 5.24. The standard InChI is InChI=1S/C25H22BrN5O4S2/c1-15-13-16(2)28-24(27-15)31-37(33,34)19-10-8-18(9-11-19)29-25(36)30-22(32)14-35-21-12-7-17-5-3-4-6-20(17)23(21)26/h3-13H,14H2,1-2H3,(H,27,28,31)(H2,29,30,32,36). The highest BCUT2D eigenvalue weighted by Gasteiger charge is 2.16. The molecule has 0 aliphatic carbocycles. The molecule has 0 fully saturated rings. The molecule has 0 saturated heterocycles. The Hall–Kier alpha value is -3.61. The number of carbonyl (C=O) groups is 1. The van der Waals surface area contributed by atoms with Gasteiger partial charge in [-0.2, -0.15) is 0 Å². The zero-order chi connectivity index (χ0) is 26.6. The van der Waals surface area contributed by atoms with Gasteiger partial charge in [0.1, 0.15) is 5.75 Å². The van der Waals surface area contributed by atoms with Crippen molar-refractivity contribution in [2.24, 2.45) is 0 Å².